The van der Waals surface area contributed by atoms with Crippen molar-refractivity contribution in [2.24, 2.45) is 17.2 Å². The number of carbonyl (C=O) groups excluding carboxylic acids is 10. The molecular formula is C53H91ClN12O19. The van der Waals surface area contributed by atoms with E-state index in [1.165, 1.54) is 26.2 Å². The van der Waals surface area contributed by atoms with Gasteiger partial charge in [-0.15, -0.1) is 11.6 Å². The van der Waals surface area contributed by atoms with Crippen molar-refractivity contribution in [2.75, 3.05) is 32.1 Å². The molecule has 0 aromatic rings. The number of carboxylic acids is 2. The number of ether oxygens (including phenoxy) is 1. The Hall–Kier alpha value is -6.61. The first-order chi connectivity index (χ1) is 40.3. The number of carbonyl (C=O) groups is 12. The molecule has 0 aromatic heterocycles. The zero-order valence-corrected chi connectivity index (χ0v) is 49.3. The summed E-state index contributed by atoms with van der Waals surface area (Å²) in [5.41, 5.74) is 16.5. The van der Waals surface area contributed by atoms with Crippen LogP contribution in [0.5, 0.6) is 0 Å². The number of cyclic esters (lactones) is 1. The maximum Gasteiger partial charge on any atom is 0.335 e. The number of alkyl halides is 1. The van der Waals surface area contributed by atoms with Crippen molar-refractivity contribution in [1.82, 2.24) is 47.9 Å². The molecule has 1 aliphatic rings. The maximum atomic E-state index is 14.2. The fourth-order valence-corrected chi connectivity index (χ4v) is 8.76. The Kier molecular flexibility index (Phi) is 38.0. The topological polar surface area (TPSA) is 522 Å². The normalized spacial score (nSPS) is 24.2. The van der Waals surface area contributed by atoms with Crippen molar-refractivity contribution in [1.29, 1.82) is 0 Å². The standard InChI is InChI=1S/C53H91ClN12O19/c1-4-6-7-8-9-10-11-12-13-14-15-18-30(68)25-38(70)58-36-28-85-53(84)41(37(69)27-54)65-44(74)31(5-2)59-50(80)40(29(3)67)64-47(77)34(21-24-57)62-51(81)42(43(73)52(82)83)66-46(76)32(19-16-17-22-55)60-48(78)35(26-39(71)72)63-45(75)33(20-23-56)61-49(36)79/h5,29-30,32-37,40-43,67-69,73H,4,6-28,55-57H2,1-3H3,(H,58,70)(H,59,80)(H,60,78)(H,61,79)(H,62,81)(H,63,75)(H,64,77)(H,65,74)(H,66,76)(H,71,72)(H,82,83)/b31-5+/t29-,30?,32?,33?,34-,35-,36?,37+,40?,41?,42?,43-/m0/s1. The SMILES string of the molecule is C/C=C1/NC(=O)C([C@H](C)O)NC(=O)[C@H](CCN)NC(=O)C([C@H](O)C(=O)O)NC(=O)C(CCCCN)NC(=O)[C@H](CC(=O)O)NC(=O)C(CCN)NC(=O)C(NC(=O)CC(O)CCCCCCCCCCCCC)COC(=O)C([C@H](O)CCl)NC1=O. The number of halogens is 1. The van der Waals surface area contributed by atoms with E-state index in [1.54, 1.807) is 0 Å². The molecule has 85 heavy (non-hydrogen) atoms. The van der Waals surface area contributed by atoms with Gasteiger partial charge in [0, 0.05) is 0 Å². The summed E-state index contributed by atoms with van der Waals surface area (Å²) in [5.74, 6) is -17.6. The number of aliphatic hydroxyl groups excluding tert-OH is 4. The third-order valence-electron chi connectivity index (χ3n) is 13.5. The minimum atomic E-state index is -2.77. The van der Waals surface area contributed by atoms with E-state index in [4.69, 9.17) is 33.5 Å². The van der Waals surface area contributed by atoms with Gasteiger partial charge < -0.3 is 100 Å². The smallest absolute Gasteiger partial charge is 0.335 e. The van der Waals surface area contributed by atoms with Gasteiger partial charge >= 0.3 is 17.9 Å². The third kappa shape index (κ3) is 29.4. The lowest BCUT2D eigenvalue weighted by Crippen LogP contribution is -2.63. The monoisotopic (exact) mass is 1230 g/mol. The minimum absolute atomic E-state index is 0.0457. The van der Waals surface area contributed by atoms with E-state index in [0.717, 1.165) is 57.9 Å². The summed E-state index contributed by atoms with van der Waals surface area (Å²) in [7, 11) is 0. The van der Waals surface area contributed by atoms with E-state index >= 15 is 0 Å². The first-order valence-corrected chi connectivity index (χ1v) is 29.2. The predicted molar refractivity (Wildman–Crippen MR) is 305 cm³/mol. The van der Waals surface area contributed by atoms with Gasteiger partial charge in [-0.25, -0.2) is 9.59 Å². The highest BCUT2D eigenvalue weighted by Crippen LogP contribution is 2.15. The van der Waals surface area contributed by atoms with Crippen LogP contribution in [0.3, 0.4) is 0 Å². The Labute approximate surface area is 498 Å². The Bertz CT molecular complexity index is 2230. The van der Waals surface area contributed by atoms with Crippen LogP contribution in [0.1, 0.15) is 143 Å². The summed E-state index contributed by atoms with van der Waals surface area (Å²) >= 11 is 5.90. The van der Waals surface area contributed by atoms with E-state index in [-0.39, 0.29) is 45.3 Å². The average molecular weight is 1240 g/mol. The molecule has 32 heteroatoms. The molecule has 7 unspecified atom stereocenters. The number of nitrogens with one attached hydrogen (secondary N) is 9. The highest BCUT2D eigenvalue weighted by atomic mass is 35.5. The molecule has 0 aromatic carbocycles. The molecular weight excluding hydrogens is 1140 g/mol. The molecule has 0 radical (unpaired) electrons. The molecule has 0 saturated carbocycles. The van der Waals surface area contributed by atoms with Gasteiger partial charge in [0.25, 0.3) is 5.91 Å². The lowest BCUT2D eigenvalue weighted by molar-refractivity contribution is -0.153. The van der Waals surface area contributed by atoms with Gasteiger partial charge in [-0.05, 0) is 72.0 Å². The highest BCUT2D eigenvalue weighted by molar-refractivity contribution is 6.18. The summed E-state index contributed by atoms with van der Waals surface area (Å²) in [4.78, 5) is 163. The summed E-state index contributed by atoms with van der Waals surface area (Å²) < 4.78 is 5.35. The van der Waals surface area contributed by atoms with Crippen LogP contribution >= 0.6 is 11.6 Å². The number of nitrogens with two attached hydrogens (primary N) is 3. The Morgan fingerprint density at radius 2 is 1.11 bits per heavy atom. The van der Waals surface area contributed by atoms with Crippen LogP contribution < -0.4 is 65.1 Å². The molecule has 0 spiro atoms. The summed E-state index contributed by atoms with van der Waals surface area (Å²) in [5, 5.41) is 82.3. The Morgan fingerprint density at radius 3 is 1.61 bits per heavy atom. The molecule has 1 saturated heterocycles. The second-order valence-electron chi connectivity index (χ2n) is 20.6. The predicted octanol–water partition coefficient (Wildman–Crippen LogP) is -4.38. The summed E-state index contributed by atoms with van der Waals surface area (Å²) in [6.45, 7) is 2.61. The van der Waals surface area contributed by atoms with E-state index in [1.807, 2.05) is 5.32 Å². The molecule has 0 aliphatic carbocycles. The molecule has 12 atom stereocenters. The molecule has 1 fully saturated rings. The lowest BCUT2D eigenvalue weighted by atomic mass is 10.0. The van der Waals surface area contributed by atoms with Crippen LogP contribution in [0.2, 0.25) is 0 Å². The Morgan fingerprint density at radius 1 is 0.612 bits per heavy atom. The van der Waals surface area contributed by atoms with E-state index < -0.39 is 188 Å². The van der Waals surface area contributed by atoms with Crippen LogP contribution in [0, 0.1) is 0 Å². The van der Waals surface area contributed by atoms with Crippen molar-refractivity contribution >= 4 is 82.7 Å². The molecule has 9 amide bonds. The number of hydrogen-bond donors (Lipinski definition) is 18. The Balaban J connectivity index is 3.93. The first kappa shape index (κ1) is 76.4. The zero-order chi connectivity index (χ0) is 64.2. The van der Waals surface area contributed by atoms with Gasteiger partial charge in [0.05, 0.1) is 37.0 Å². The zero-order valence-electron chi connectivity index (χ0n) is 48.6. The van der Waals surface area contributed by atoms with Crippen LogP contribution in [-0.2, 0) is 62.3 Å². The molecule has 31 nitrogen and oxygen atoms in total. The molecule has 0 bridgehead atoms. The highest BCUT2D eigenvalue weighted by Gasteiger charge is 2.40. The fourth-order valence-electron chi connectivity index (χ4n) is 8.58. The van der Waals surface area contributed by atoms with Crippen LogP contribution in [-0.4, -0.2) is 207 Å². The van der Waals surface area contributed by atoms with Crippen molar-refractivity contribution in [3.05, 3.63) is 11.8 Å². The molecule has 484 valence electrons. The second-order valence-corrected chi connectivity index (χ2v) is 20.9. The number of unbranched alkanes of at least 4 members (excludes halogenated alkanes) is 11. The van der Waals surface area contributed by atoms with Crippen molar-refractivity contribution in [3.63, 3.8) is 0 Å². The van der Waals surface area contributed by atoms with Gasteiger partial charge in [0.15, 0.2) is 12.1 Å². The van der Waals surface area contributed by atoms with E-state index in [9.17, 15) is 88.2 Å². The van der Waals surface area contributed by atoms with Crippen molar-refractivity contribution in [3.8, 4) is 0 Å². The number of aliphatic hydroxyl groups is 4. The number of hydrogen-bond acceptors (Lipinski definition) is 20. The van der Waals surface area contributed by atoms with Gasteiger partial charge in [-0.2, -0.15) is 0 Å². The van der Waals surface area contributed by atoms with Crippen LogP contribution in [0.4, 0.5) is 0 Å². The summed E-state index contributed by atoms with van der Waals surface area (Å²) in [6.07, 6.45) is 2.08. The lowest BCUT2D eigenvalue weighted by Gasteiger charge is -2.29. The molecule has 1 rings (SSSR count). The number of allylic oxidation sites excluding steroid dienone is 1. The first-order valence-electron chi connectivity index (χ1n) is 28.7. The number of amides is 9. The number of esters is 1. The number of rotatable bonds is 30. The third-order valence-corrected chi connectivity index (χ3v) is 13.8. The van der Waals surface area contributed by atoms with Crippen molar-refractivity contribution in [2.45, 2.75) is 216 Å². The van der Waals surface area contributed by atoms with Crippen molar-refractivity contribution < 1.29 is 92.9 Å². The average Bonchev–Trinajstić information content (AvgIpc) is 3.46. The van der Waals surface area contributed by atoms with Gasteiger partial charge in [-0.1, -0.05) is 83.6 Å². The van der Waals surface area contributed by atoms with Gasteiger partial charge in [0.2, 0.25) is 47.3 Å². The largest absolute Gasteiger partial charge is 0.481 e. The van der Waals surface area contributed by atoms with Gasteiger partial charge in [-0.3, -0.25) is 47.9 Å². The van der Waals surface area contributed by atoms with Crippen LogP contribution in [0.25, 0.3) is 0 Å². The number of carboxylic acid groups (broad SMARTS) is 2. The molecule has 21 N–H and O–H groups in total. The number of aliphatic carboxylic acids is 2. The fraction of sp³-hybridized carbons (Fsp3) is 0.736. The quantitative estimate of drug-likeness (QED) is 0.0140. The van der Waals surface area contributed by atoms with Gasteiger partial charge in [0.1, 0.15) is 54.6 Å². The van der Waals surface area contributed by atoms with E-state index in [2.05, 4.69) is 49.5 Å². The molecule has 1 aliphatic heterocycles. The summed E-state index contributed by atoms with van der Waals surface area (Å²) in [6, 6.07) is -16.0. The second kappa shape index (κ2) is 42.2. The maximum absolute atomic E-state index is 14.2. The van der Waals surface area contributed by atoms with E-state index in [0.29, 0.717) is 6.42 Å². The molecule has 1 heterocycles. The van der Waals surface area contributed by atoms with Crippen LogP contribution in [0.15, 0.2) is 11.8 Å². The minimum Gasteiger partial charge on any atom is -0.481 e.